The maximum Gasteiger partial charge on any atom is 0.265 e. The minimum atomic E-state index is -4.34. The summed E-state index contributed by atoms with van der Waals surface area (Å²) in [6.07, 6.45) is 2.43. The van der Waals surface area contributed by atoms with Crippen LogP contribution in [0.3, 0.4) is 0 Å². The fourth-order valence-corrected chi connectivity index (χ4v) is 6.97. The van der Waals surface area contributed by atoms with E-state index in [9.17, 15) is 26.1 Å². The van der Waals surface area contributed by atoms with Gasteiger partial charge in [-0.05, 0) is 36.8 Å². The van der Waals surface area contributed by atoms with Gasteiger partial charge in [-0.2, -0.15) is 4.57 Å². The molecule has 0 radical (unpaired) electrons. The molecular formula is C21H19ClFN2O5S4-. The van der Waals surface area contributed by atoms with Crippen molar-refractivity contribution in [2.24, 2.45) is 0 Å². The molecule has 1 aromatic heterocycles. The highest BCUT2D eigenvalue weighted by Crippen LogP contribution is 2.47. The second-order valence-corrected chi connectivity index (χ2v) is 12.6. The molecule has 1 unspecified atom stereocenters. The Kier molecular flexibility index (Phi) is 7.97. The highest BCUT2D eigenvalue weighted by Gasteiger charge is 2.28. The Morgan fingerprint density at radius 2 is 2.00 bits per heavy atom. The molecule has 34 heavy (non-hydrogen) atoms. The van der Waals surface area contributed by atoms with Crippen LogP contribution in [0.2, 0.25) is 5.02 Å². The number of hydrogen-bond acceptors (Lipinski definition) is 8. The van der Waals surface area contributed by atoms with E-state index in [4.69, 9.17) is 11.6 Å². The Labute approximate surface area is 212 Å². The average Bonchev–Trinajstić information content (AvgIpc) is 3.25. The van der Waals surface area contributed by atoms with Gasteiger partial charge in [-0.1, -0.05) is 45.8 Å². The molecule has 2 aromatic carbocycles. The number of aryl methyl sites for hydroxylation is 1. The fourth-order valence-electron chi connectivity index (χ4n) is 3.67. The van der Waals surface area contributed by atoms with Crippen LogP contribution in [0.1, 0.15) is 17.8 Å². The largest absolute Gasteiger partial charge is 0.772 e. The standard InChI is InChI=1S/C21H20ClFN2O5S4/c22-14-3-5-18-16(11-14)25(8-2-10-34(28,29)30)21(31-18)13-20-24(7-1-9-33(26)27)17-12-15(23)4-6-19(17)32-20/h3-6,11-13H,1-2,7-10H2,(H-,26,27,28,29,30)/p-1. The molecule has 0 aliphatic carbocycles. The van der Waals surface area contributed by atoms with E-state index in [1.807, 2.05) is 21.6 Å². The second-order valence-electron chi connectivity index (χ2n) is 7.53. The summed E-state index contributed by atoms with van der Waals surface area (Å²) in [5, 5.41) is 2.12. The predicted molar refractivity (Wildman–Crippen MR) is 132 cm³/mol. The quantitative estimate of drug-likeness (QED) is 0.220. The minimum Gasteiger partial charge on any atom is -0.772 e. The van der Waals surface area contributed by atoms with E-state index >= 15 is 0 Å². The van der Waals surface area contributed by atoms with Crippen molar-refractivity contribution in [3.05, 3.63) is 57.3 Å². The van der Waals surface area contributed by atoms with Gasteiger partial charge < -0.3 is 14.0 Å². The molecular weight excluding hydrogens is 543 g/mol. The maximum absolute atomic E-state index is 14.0. The number of hydrogen-bond donors (Lipinski definition) is 0. The zero-order chi connectivity index (χ0) is 24.5. The smallest absolute Gasteiger partial charge is 0.265 e. The first-order valence-electron chi connectivity index (χ1n) is 10.2. The van der Waals surface area contributed by atoms with E-state index in [1.165, 1.54) is 35.2 Å². The predicted octanol–water partition coefficient (Wildman–Crippen LogP) is 4.10. The van der Waals surface area contributed by atoms with Crippen LogP contribution in [0.15, 0.2) is 46.3 Å². The van der Waals surface area contributed by atoms with E-state index < -0.39 is 27.0 Å². The van der Waals surface area contributed by atoms with Crippen LogP contribution in [-0.2, 0) is 27.7 Å². The molecule has 0 spiro atoms. The Balaban J connectivity index is 1.73. The van der Waals surface area contributed by atoms with Crippen LogP contribution in [0.25, 0.3) is 16.3 Å². The number of benzene rings is 2. The van der Waals surface area contributed by atoms with Gasteiger partial charge in [-0.3, -0.25) is 4.21 Å². The van der Waals surface area contributed by atoms with E-state index in [0.717, 1.165) is 25.1 Å². The summed E-state index contributed by atoms with van der Waals surface area (Å²) < 4.78 is 72.2. The lowest BCUT2D eigenvalue weighted by atomic mass is 10.2. The van der Waals surface area contributed by atoms with Gasteiger partial charge in [-0.15, -0.1) is 0 Å². The number of halogens is 2. The lowest BCUT2D eigenvalue weighted by Gasteiger charge is -2.20. The van der Waals surface area contributed by atoms with E-state index in [1.54, 1.807) is 18.2 Å². The maximum atomic E-state index is 14.0. The van der Waals surface area contributed by atoms with Crippen LogP contribution >= 0.6 is 34.7 Å². The molecule has 0 saturated carbocycles. The number of anilines is 1. The Hall–Kier alpha value is -1.54. The molecule has 3 aromatic rings. The molecule has 4 rings (SSSR count). The van der Waals surface area contributed by atoms with E-state index in [-0.39, 0.29) is 18.0 Å². The molecule has 7 nitrogen and oxygen atoms in total. The van der Waals surface area contributed by atoms with Crippen molar-refractivity contribution in [2.75, 3.05) is 23.0 Å². The number of thioether (sulfide) groups is 1. The summed E-state index contributed by atoms with van der Waals surface area (Å²) in [5.41, 5.74) is 1.48. The van der Waals surface area contributed by atoms with Gasteiger partial charge in [0.15, 0.2) is 6.54 Å². The number of thiazole rings is 1. The second kappa shape index (κ2) is 10.6. The van der Waals surface area contributed by atoms with Crippen molar-refractivity contribution in [2.45, 2.75) is 24.3 Å². The topological polar surface area (TPSA) is 104 Å². The summed E-state index contributed by atoms with van der Waals surface area (Å²) in [4.78, 5) is 2.74. The third kappa shape index (κ3) is 6.17. The van der Waals surface area contributed by atoms with Gasteiger partial charge in [0, 0.05) is 40.5 Å². The van der Waals surface area contributed by atoms with Gasteiger partial charge in [0.05, 0.1) is 26.9 Å². The van der Waals surface area contributed by atoms with Gasteiger partial charge in [0.1, 0.15) is 10.5 Å². The zero-order valence-corrected chi connectivity index (χ0v) is 21.6. The number of rotatable bonds is 9. The molecule has 2 heterocycles. The molecule has 0 fully saturated rings. The SMILES string of the molecule is O=S([O-])CCCN1/C(=C/c2sc3ccc(Cl)cc3[n+]2CCCS(=O)(=O)[O-])Sc2ccc(F)cc21. The summed E-state index contributed by atoms with van der Waals surface area (Å²) in [7, 11) is -4.34. The summed E-state index contributed by atoms with van der Waals surface area (Å²) >= 11 is 6.94. The Morgan fingerprint density at radius 3 is 2.74 bits per heavy atom. The summed E-state index contributed by atoms with van der Waals surface area (Å²) in [6, 6.07) is 9.92. The molecule has 1 aliphatic rings. The summed E-state index contributed by atoms with van der Waals surface area (Å²) in [6.45, 7) is 0.677. The third-order valence-electron chi connectivity index (χ3n) is 5.10. The number of fused-ring (bicyclic) bond motifs is 2. The molecule has 0 bridgehead atoms. The molecule has 13 heteroatoms. The third-order valence-corrected chi connectivity index (χ3v) is 8.97. The van der Waals surface area contributed by atoms with Crippen LogP contribution in [-0.4, -0.2) is 39.8 Å². The van der Waals surface area contributed by atoms with E-state index in [0.29, 0.717) is 30.2 Å². The lowest BCUT2D eigenvalue weighted by Crippen LogP contribution is -2.36. The first kappa shape index (κ1) is 25.5. The Bertz CT molecular complexity index is 1390. The van der Waals surface area contributed by atoms with Crippen molar-refractivity contribution >= 4 is 77.9 Å². The highest BCUT2D eigenvalue weighted by molar-refractivity contribution is 8.03. The van der Waals surface area contributed by atoms with Crippen LogP contribution < -0.4 is 9.47 Å². The van der Waals surface area contributed by atoms with Crippen molar-refractivity contribution in [3.8, 4) is 0 Å². The first-order chi connectivity index (χ1) is 16.1. The minimum absolute atomic E-state index is 0.00977. The Morgan fingerprint density at radius 1 is 1.21 bits per heavy atom. The average molecular weight is 562 g/mol. The number of aromatic nitrogens is 1. The molecule has 0 saturated heterocycles. The van der Waals surface area contributed by atoms with Gasteiger partial charge in [-0.25, -0.2) is 12.8 Å². The van der Waals surface area contributed by atoms with Crippen molar-refractivity contribution in [1.29, 1.82) is 0 Å². The monoisotopic (exact) mass is 561 g/mol. The van der Waals surface area contributed by atoms with Gasteiger partial charge in [0.2, 0.25) is 5.52 Å². The van der Waals surface area contributed by atoms with E-state index in [2.05, 4.69) is 0 Å². The van der Waals surface area contributed by atoms with Crippen LogP contribution in [0, 0.1) is 5.82 Å². The molecule has 0 amide bonds. The van der Waals surface area contributed by atoms with Crippen molar-refractivity contribution in [1.82, 2.24) is 0 Å². The van der Waals surface area contributed by atoms with Gasteiger partial charge >= 0.3 is 0 Å². The van der Waals surface area contributed by atoms with Crippen LogP contribution in [0.4, 0.5) is 10.1 Å². The van der Waals surface area contributed by atoms with Crippen molar-refractivity contribution < 1.29 is 30.7 Å². The van der Waals surface area contributed by atoms with Crippen molar-refractivity contribution in [3.63, 3.8) is 0 Å². The zero-order valence-electron chi connectivity index (χ0n) is 17.6. The normalized spacial score (nSPS) is 15.9. The fraction of sp³-hybridized carbons (Fsp3) is 0.286. The number of nitrogens with zero attached hydrogens (tertiary/aromatic N) is 2. The highest BCUT2D eigenvalue weighted by atomic mass is 35.5. The molecule has 1 atom stereocenters. The van der Waals surface area contributed by atoms with Crippen LogP contribution in [0.5, 0.6) is 0 Å². The lowest BCUT2D eigenvalue weighted by molar-refractivity contribution is -0.668. The molecule has 1 aliphatic heterocycles. The summed E-state index contributed by atoms with van der Waals surface area (Å²) in [5.74, 6) is -0.876. The molecule has 182 valence electrons. The van der Waals surface area contributed by atoms with Gasteiger partial charge in [0.25, 0.3) is 5.01 Å². The first-order valence-corrected chi connectivity index (χ1v) is 15.0. The molecule has 0 N–H and O–H groups in total.